The van der Waals surface area contributed by atoms with Crippen molar-refractivity contribution in [3.8, 4) is 0 Å². The van der Waals surface area contributed by atoms with Gasteiger partial charge in [-0.05, 0) is 18.2 Å². The lowest BCUT2D eigenvalue weighted by molar-refractivity contribution is -0.278. The van der Waals surface area contributed by atoms with Gasteiger partial charge in [0.25, 0.3) is 11.8 Å². The number of halogens is 4. The molecule has 2 heterocycles. The van der Waals surface area contributed by atoms with Gasteiger partial charge < -0.3 is 9.57 Å². The molecule has 12 heteroatoms. The van der Waals surface area contributed by atoms with E-state index in [1.54, 1.807) is 0 Å². The molecule has 1 aromatic rings. The highest BCUT2D eigenvalue weighted by atomic mass is 35.5. The molecule has 0 aliphatic carbocycles. The summed E-state index contributed by atoms with van der Waals surface area (Å²) < 4.78 is 45.9. The first-order chi connectivity index (χ1) is 12.1. The SMILES string of the molecule is O=C1Nc2ccc(Cl)cc2[C@@](C(=O)ON2C(=O)CCC2=O)(C(F)(F)F)O1. The van der Waals surface area contributed by atoms with E-state index in [4.69, 9.17) is 11.6 Å². The van der Waals surface area contributed by atoms with Gasteiger partial charge in [0.05, 0.1) is 5.69 Å². The maximum atomic E-state index is 13.9. The van der Waals surface area contributed by atoms with Crippen LogP contribution in [0.2, 0.25) is 5.02 Å². The third kappa shape index (κ3) is 2.64. The van der Waals surface area contributed by atoms with E-state index in [0.717, 1.165) is 12.1 Å². The number of rotatable bonds is 2. The quantitative estimate of drug-likeness (QED) is 0.775. The third-order valence-corrected chi connectivity index (χ3v) is 3.95. The molecule has 26 heavy (non-hydrogen) atoms. The molecule has 0 bridgehead atoms. The molecular formula is C14H8ClF3N2O6. The van der Waals surface area contributed by atoms with Crippen molar-refractivity contribution in [1.29, 1.82) is 0 Å². The summed E-state index contributed by atoms with van der Waals surface area (Å²) in [5, 5.41) is 1.75. The topological polar surface area (TPSA) is 102 Å². The van der Waals surface area contributed by atoms with Gasteiger partial charge in [-0.25, -0.2) is 9.59 Å². The number of nitrogens with zero attached hydrogens (tertiary/aromatic N) is 1. The molecule has 2 aliphatic rings. The molecule has 2 aliphatic heterocycles. The van der Waals surface area contributed by atoms with Gasteiger partial charge in [0.2, 0.25) is 0 Å². The first kappa shape index (κ1) is 18.0. The second-order valence-corrected chi connectivity index (χ2v) is 5.78. The number of fused-ring (bicyclic) bond motifs is 1. The van der Waals surface area contributed by atoms with Gasteiger partial charge in [-0.1, -0.05) is 11.6 Å². The Kier molecular flexibility index (Phi) is 4.06. The molecule has 1 aromatic carbocycles. The number of alkyl halides is 3. The minimum absolute atomic E-state index is 0.0735. The van der Waals surface area contributed by atoms with Crippen LogP contribution in [0.15, 0.2) is 18.2 Å². The molecule has 8 nitrogen and oxygen atoms in total. The number of ether oxygens (including phenoxy) is 1. The lowest BCUT2D eigenvalue weighted by Crippen LogP contribution is -2.57. The first-order valence-electron chi connectivity index (χ1n) is 7.01. The molecule has 1 saturated heterocycles. The molecule has 0 unspecified atom stereocenters. The fraction of sp³-hybridized carbons (Fsp3) is 0.286. The second kappa shape index (κ2) is 5.87. The molecule has 138 valence electrons. The second-order valence-electron chi connectivity index (χ2n) is 5.34. The van der Waals surface area contributed by atoms with Crippen LogP contribution in [0.25, 0.3) is 0 Å². The number of hydroxylamine groups is 2. The third-order valence-electron chi connectivity index (χ3n) is 3.71. The summed E-state index contributed by atoms with van der Waals surface area (Å²) in [6.07, 6.45) is -7.70. The largest absolute Gasteiger partial charge is 0.444 e. The Morgan fingerprint density at radius 2 is 1.85 bits per heavy atom. The number of hydrogen-bond donors (Lipinski definition) is 1. The van der Waals surface area contributed by atoms with E-state index < -0.39 is 41.2 Å². The first-order valence-corrected chi connectivity index (χ1v) is 7.39. The Morgan fingerprint density at radius 1 is 1.23 bits per heavy atom. The number of anilines is 1. The average Bonchev–Trinajstić information content (AvgIpc) is 2.85. The van der Waals surface area contributed by atoms with Crippen LogP contribution in [-0.4, -0.2) is 35.1 Å². The molecule has 1 atom stereocenters. The minimum atomic E-state index is -5.48. The zero-order chi connectivity index (χ0) is 19.3. The monoisotopic (exact) mass is 392 g/mol. The van der Waals surface area contributed by atoms with Gasteiger partial charge in [0.1, 0.15) is 0 Å². The maximum absolute atomic E-state index is 13.9. The van der Waals surface area contributed by atoms with E-state index in [1.807, 2.05) is 5.32 Å². The van der Waals surface area contributed by atoms with Crippen molar-refractivity contribution in [3.63, 3.8) is 0 Å². The minimum Gasteiger partial charge on any atom is -0.415 e. The van der Waals surface area contributed by atoms with Crippen molar-refractivity contribution < 1.29 is 41.9 Å². The summed E-state index contributed by atoms with van der Waals surface area (Å²) >= 11 is 5.71. The molecule has 3 rings (SSSR count). The van der Waals surface area contributed by atoms with Crippen molar-refractivity contribution in [2.45, 2.75) is 24.6 Å². The average molecular weight is 393 g/mol. The zero-order valence-corrected chi connectivity index (χ0v) is 13.3. The van der Waals surface area contributed by atoms with Crippen LogP contribution in [0.5, 0.6) is 0 Å². The Morgan fingerprint density at radius 3 is 2.42 bits per heavy atom. The Balaban J connectivity index is 2.13. The number of cyclic esters (lactones) is 1. The summed E-state index contributed by atoms with van der Waals surface area (Å²) in [6, 6.07) is 2.99. The molecule has 1 fully saturated rings. The van der Waals surface area contributed by atoms with E-state index >= 15 is 0 Å². The molecule has 0 saturated carbocycles. The van der Waals surface area contributed by atoms with Crippen molar-refractivity contribution in [2.24, 2.45) is 0 Å². The van der Waals surface area contributed by atoms with Gasteiger partial charge in [-0.15, -0.1) is 5.06 Å². The van der Waals surface area contributed by atoms with Crippen LogP contribution in [0.1, 0.15) is 18.4 Å². The number of benzene rings is 1. The van der Waals surface area contributed by atoms with E-state index in [2.05, 4.69) is 9.57 Å². The maximum Gasteiger partial charge on any atom is 0.444 e. The Bertz CT molecular complexity index is 826. The summed E-state index contributed by atoms with van der Waals surface area (Å²) in [5.74, 6) is -4.16. The smallest absolute Gasteiger partial charge is 0.415 e. The number of carbonyl (C=O) groups excluding carboxylic acids is 4. The number of carbonyl (C=O) groups is 4. The van der Waals surface area contributed by atoms with Gasteiger partial charge in [-0.2, -0.15) is 13.2 Å². The van der Waals surface area contributed by atoms with E-state index in [9.17, 15) is 32.3 Å². The number of hydrogen-bond acceptors (Lipinski definition) is 6. The molecule has 0 radical (unpaired) electrons. The van der Waals surface area contributed by atoms with E-state index in [0.29, 0.717) is 0 Å². The normalized spacial score (nSPS) is 22.6. The fourth-order valence-corrected chi connectivity index (χ4v) is 2.70. The van der Waals surface area contributed by atoms with Crippen molar-refractivity contribution in [2.75, 3.05) is 5.32 Å². The van der Waals surface area contributed by atoms with Crippen LogP contribution < -0.4 is 5.32 Å². The van der Waals surface area contributed by atoms with Crippen molar-refractivity contribution in [3.05, 3.63) is 28.8 Å². The molecule has 0 aromatic heterocycles. The molecule has 0 spiro atoms. The van der Waals surface area contributed by atoms with E-state index in [1.165, 1.54) is 6.07 Å². The zero-order valence-electron chi connectivity index (χ0n) is 12.6. The van der Waals surface area contributed by atoms with Gasteiger partial charge in [0.15, 0.2) is 0 Å². The summed E-state index contributed by atoms with van der Waals surface area (Å²) in [7, 11) is 0. The fourth-order valence-electron chi connectivity index (χ4n) is 2.53. The van der Waals surface area contributed by atoms with Crippen molar-refractivity contribution in [1.82, 2.24) is 5.06 Å². The molecule has 3 amide bonds. The van der Waals surface area contributed by atoms with Crippen LogP contribution in [0.3, 0.4) is 0 Å². The van der Waals surface area contributed by atoms with Gasteiger partial charge in [-0.3, -0.25) is 14.9 Å². The van der Waals surface area contributed by atoms with Gasteiger partial charge >= 0.3 is 23.8 Å². The lowest BCUT2D eigenvalue weighted by Gasteiger charge is -2.37. The standard InChI is InChI=1S/C14H8ClF3N2O6/c15-6-1-2-8-7(5-6)13(14(16,17)18,25-12(24)19-8)11(23)26-20-9(21)3-4-10(20)22/h1-2,5H,3-4H2,(H,19,24)/t13-/m1/s1. The summed E-state index contributed by atoms with van der Waals surface area (Å²) in [6.45, 7) is 0. The van der Waals surface area contributed by atoms with E-state index in [-0.39, 0.29) is 28.6 Å². The Hall–Kier alpha value is -2.82. The number of amides is 3. The van der Waals surface area contributed by atoms with Crippen LogP contribution in [0, 0.1) is 0 Å². The highest BCUT2D eigenvalue weighted by molar-refractivity contribution is 6.30. The summed E-state index contributed by atoms with van der Waals surface area (Å²) in [5.41, 5.74) is -5.14. The number of nitrogens with one attached hydrogen (secondary N) is 1. The van der Waals surface area contributed by atoms with Crippen molar-refractivity contribution >= 4 is 41.2 Å². The van der Waals surface area contributed by atoms with Gasteiger partial charge in [0, 0.05) is 23.4 Å². The predicted octanol–water partition coefficient (Wildman–Crippen LogP) is 2.27. The predicted molar refractivity (Wildman–Crippen MR) is 76.5 cm³/mol. The molecular weight excluding hydrogens is 385 g/mol. The summed E-state index contributed by atoms with van der Waals surface area (Å²) in [4.78, 5) is 51.4. The number of imide groups is 1. The lowest BCUT2D eigenvalue weighted by atomic mass is 9.90. The van der Waals surface area contributed by atoms with Crippen LogP contribution >= 0.6 is 11.6 Å². The van der Waals surface area contributed by atoms with Crippen LogP contribution in [-0.2, 0) is 29.6 Å². The Labute approximate surface area is 147 Å². The highest BCUT2D eigenvalue weighted by Crippen LogP contribution is 2.49. The highest BCUT2D eigenvalue weighted by Gasteiger charge is 2.70. The van der Waals surface area contributed by atoms with Crippen LogP contribution in [0.4, 0.5) is 23.7 Å². The molecule has 1 N–H and O–H groups in total.